The van der Waals surface area contributed by atoms with E-state index in [-0.39, 0.29) is 28.5 Å². The standard InChI is InChI=1S/C24H21FN2OS.BrH/c1-28-23-13-12-19(16-21(23)25)22-17-29-24(26-20-10-6-3-7-11-20)27(22)15-14-18-8-4-2-5-9-18;/h2-13,16-17H,14-15H2,1H3;1H. The van der Waals surface area contributed by atoms with Gasteiger partial charge in [0.15, 0.2) is 16.4 Å². The zero-order chi connectivity index (χ0) is 20.1. The van der Waals surface area contributed by atoms with Crippen LogP contribution in [0.25, 0.3) is 11.3 Å². The first-order valence-electron chi connectivity index (χ1n) is 9.40. The van der Waals surface area contributed by atoms with Crippen LogP contribution in [0.5, 0.6) is 5.75 Å². The predicted octanol–water partition coefficient (Wildman–Crippen LogP) is 6.42. The highest BCUT2D eigenvalue weighted by Gasteiger charge is 2.11. The highest BCUT2D eigenvalue weighted by molar-refractivity contribution is 8.93. The Bertz CT molecular complexity index is 1160. The number of ether oxygens (including phenoxy) is 1. The molecule has 4 rings (SSSR count). The molecule has 0 N–H and O–H groups in total. The average molecular weight is 485 g/mol. The summed E-state index contributed by atoms with van der Waals surface area (Å²) in [5.74, 6) is -0.124. The number of aryl methyl sites for hydroxylation is 1. The fourth-order valence-corrected chi connectivity index (χ4v) is 4.15. The molecule has 0 unspecified atom stereocenters. The smallest absolute Gasteiger partial charge is 0.190 e. The van der Waals surface area contributed by atoms with E-state index >= 15 is 0 Å². The van der Waals surface area contributed by atoms with Crippen LogP contribution in [-0.2, 0) is 13.0 Å². The number of para-hydroxylation sites is 1. The fraction of sp³-hybridized carbons (Fsp3) is 0.125. The van der Waals surface area contributed by atoms with Gasteiger partial charge in [-0.15, -0.1) is 28.3 Å². The maximum atomic E-state index is 14.3. The van der Waals surface area contributed by atoms with Gasteiger partial charge in [0.05, 0.1) is 18.5 Å². The molecular weight excluding hydrogens is 463 g/mol. The second kappa shape index (κ2) is 10.4. The molecular formula is C24H22BrFN2OS. The molecule has 4 aromatic rings. The van der Waals surface area contributed by atoms with Crippen molar-refractivity contribution in [3.05, 3.63) is 100 Å². The number of halogens is 2. The molecule has 0 saturated heterocycles. The molecule has 0 amide bonds. The molecule has 0 aliphatic heterocycles. The van der Waals surface area contributed by atoms with Crippen molar-refractivity contribution in [2.75, 3.05) is 7.11 Å². The third-order valence-electron chi connectivity index (χ3n) is 4.69. The third kappa shape index (κ3) is 5.07. The number of hydrogen-bond acceptors (Lipinski definition) is 3. The van der Waals surface area contributed by atoms with Crippen molar-refractivity contribution < 1.29 is 9.13 Å². The lowest BCUT2D eigenvalue weighted by molar-refractivity contribution is 0.386. The summed E-state index contributed by atoms with van der Waals surface area (Å²) in [5, 5.41) is 2.04. The summed E-state index contributed by atoms with van der Waals surface area (Å²) < 4.78 is 21.5. The van der Waals surface area contributed by atoms with Crippen molar-refractivity contribution in [2.24, 2.45) is 4.99 Å². The van der Waals surface area contributed by atoms with Crippen molar-refractivity contribution in [3.63, 3.8) is 0 Å². The van der Waals surface area contributed by atoms with E-state index < -0.39 is 0 Å². The molecule has 0 radical (unpaired) electrons. The molecule has 0 fully saturated rings. The number of hydrogen-bond donors (Lipinski definition) is 0. The number of methoxy groups -OCH3 is 1. The van der Waals surface area contributed by atoms with Crippen LogP contribution in [0.15, 0.2) is 89.2 Å². The number of nitrogens with zero attached hydrogens (tertiary/aromatic N) is 2. The Hall–Kier alpha value is -2.70. The van der Waals surface area contributed by atoms with Crippen molar-refractivity contribution in [3.8, 4) is 17.0 Å². The normalized spacial score (nSPS) is 11.2. The minimum atomic E-state index is -0.368. The molecule has 154 valence electrons. The number of benzene rings is 3. The van der Waals surface area contributed by atoms with Crippen LogP contribution >= 0.6 is 28.3 Å². The number of thiazole rings is 1. The lowest BCUT2D eigenvalue weighted by Crippen LogP contribution is -2.17. The van der Waals surface area contributed by atoms with Gasteiger partial charge in [-0.25, -0.2) is 9.38 Å². The van der Waals surface area contributed by atoms with Crippen LogP contribution in [0.2, 0.25) is 0 Å². The van der Waals surface area contributed by atoms with Crippen molar-refractivity contribution in [1.82, 2.24) is 4.57 Å². The maximum Gasteiger partial charge on any atom is 0.190 e. The van der Waals surface area contributed by atoms with Gasteiger partial charge in [-0.2, -0.15) is 0 Å². The van der Waals surface area contributed by atoms with E-state index in [0.717, 1.165) is 34.7 Å². The van der Waals surface area contributed by atoms with Gasteiger partial charge in [-0.3, -0.25) is 0 Å². The van der Waals surface area contributed by atoms with Gasteiger partial charge < -0.3 is 9.30 Å². The highest BCUT2D eigenvalue weighted by Crippen LogP contribution is 2.26. The van der Waals surface area contributed by atoms with E-state index in [1.54, 1.807) is 17.4 Å². The van der Waals surface area contributed by atoms with Gasteiger partial charge in [0, 0.05) is 17.5 Å². The Morgan fingerprint density at radius 3 is 2.33 bits per heavy atom. The average Bonchev–Trinajstić information content (AvgIpc) is 3.16. The second-order valence-corrected chi connectivity index (χ2v) is 7.42. The van der Waals surface area contributed by atoms with E-state index in [1.807, 2.05) is 60.0 Å². The van der Waals surface area contributed by atoms with Crippen LogP contribution in [-0.4, -0.2) is 11.7 Å². The van der Waals surface area contributed by atoms with Gasteiger partial charge in [-0.1, -0.05) is 48.5 Å². The highest BCUT2D eigenvalue weighted by atomic mass is 79.9. The van der Waals surface area contributed by atoms with Crippen LogP contribution in [0.4, 0.5) is 10.1 Å². The van der Waals surface area contributed by atoms with E-state index in [1.165, 1.54) is 18.7 Å². The molecule has 30 heavy (non-hydrogen) atoms. The Kier molecular flexibility index (Phi) is 7.60. The summed E-state index contributed by atoms with van der Waals surface area (Å²) in [7, 11) is 1.47. The number of aromatic nitrogens is 1. The van der Waals surface area contributed by atoms with Crippen molar-refractivity contribution in [2.45, 2.75) is 13.0 Å². The van der Waals surface area contributed by atoms with Gasteiger partial charge >= 0.3 is 0 Å². The van der Waals surface area contributed by atoms with E-state index in [2.05, 4.69) is 16.7 Å². The van der Waals surface area contributed by atoms with Crippen molar-refractivity contribution in [1.29, 1.82) is 0 Å². The van der Waals surface area contributed by atoms with Gasteiger partial charge in [0.25, 0.3) is 0 Å². The summed E-state index contributed by atoms with van der Waals surface area (Å²) in [6.45, 7) is 0.752. The molecule has 1 heterocycles. The van der Waals surface area contributed by atoms with E-state index in [4.69, 9.17) is 9.73 Å². The first kappa shape index (κ1) is 22.0. The predicted molar refractivity (Wildman–Crippen MR) is 126 cm³/mol. The summed E-state index contributed by atoms with van der Waals surface area (Å²) in [6, 6.07) is 25.3. The van der Waals surface area contributed by atoms with Crippen LogP contribution in [0, 0.1) is 5.82 Å². The lowest BCUT2D eigenvalue weighted by Gasteiger charge is -2.11. The van der Waals surface area contributed by atoms with Gasteiger partial charge in [0.2, 0.25) is 0 Å². The molecule has 0 bridgehead atoms. The zero-order valence-electron chi connectivity index (χ0n) is 16.5. The Morgan fingerprint density at radius 1 is 0.967 bits per heavy atom. The molecule has 0 aliphatic rings. The topological polar surface area (TPSA) is 26.5 Å². The molecule has 0 aliphatic carbocycles. The van der Waals surface area contributed by atoms with Crippen LogP contribution < -0.4 is 9.54 Å². The summed E-state index contributed by atoms with van der Waals surface area (Å²) in [6.07, 6.45) is 0.866. The number of rotatable bonds is 6. The first-order chi connectivity index (χ1) is 14.2. The second-order valence-electron chi connectivity index (χ2n) is 6.59. The molecule has 0 atom stereocenters. The summed E-state index contributed by atoms with van der Waals surface area (Å²) in [4.78, 5) is 5.71. The Labute approximate surface area is 189 Å². The molecule has 0 spiro atoms. The molecule has 0 saturated carbocycles. The largest absolute Gasteiger partial charge is 0.494 e. The molecule has 1 aromatic heterocycles. The van der Waals surface area contributed by atoms with Crippen LogP contribution in [0.1, 0.15) is 5.56 Å². The summed E-state index contributed by atoms with van der Waals surface area (Å²) >= 11 is 1.56. The molecule has 6 heteroatoms. The fourth-order valence-electron chi connectivity index (χ4n) is 3.19. The lowest BCUT2D eigenvalue weighted by atomic mass is 10.1. The molecule has 3 aromatic carbocycles. The minimum absolute atomic E-state index is 0. The van der Waals surface area contributed by atoms with E-state index in [0.29, 0.717) is 0 Å². The van der Waals surface area contributed by atoms with E-state index in [9.17, 15) is 4.39 Å². The zero-order valence-corrected chi connectivity index (χ0v) is 19.0. The first-order valence-corrected chi connectivity index (χ1v) is 10.3. The third-order valence-corrected chi connectivity index (χ3v) is 5.56. The SMILES string of the molecule is Br.COc1ccc(-c2csc(=Nc3ccccc3)n2CCc2ccccc2)cc1F. The van der Waals surface area contributed by atoms with Crippen molar-refractivity contribution >= 4 is 34.0 Å². The van der Waals surface area contributed by atoms with Gasteiger partial charge in [-0.05, 0) is 42.3 Å². The van der Waals surface area contributed by atoms with Gasteiger partial charge in [0.1, 0.15) is 0 Å². The van der Waals surface area contributed by atoms with Crippen LogP contribution in [0.3, 0.4) is 0 Å². The summed E-state index contributed by atoms with van der Waals surface area (Å²) in [5.41, 5.74) is 3.91. The molecule has 3 nitrogen and oxygen atoms in total. The monoisotopic (exact) mass is 484 g/mol. The Balaban J connectivity index is 0.00000256. The Morgan fingerprint density at radius 2 is 1.67 bits per heavy atom. The minimum Gasteiger partial charge on any atom is -0.494 e. The quantitative estimate of drug-likeness (QED) is 0.310. The maximum absolute atomic E-state index is 14.3.